The Hall–Kier alpha value is -1.43. The summed E-state index contributed by atoms with van der Waals surface area (Å²) < 4.78 is 0.716. The van der Waals surface area contributed by atoms with Crippen LogP contribution < -0.4 is 10.9 Å². The monoisotopic (exact) mass is 283 g/mol. The lowest BCUT2D eigenvalue weighted by Crippen LogP contribution is -2.42. The third-order valence-corrected chi connectivity index (χ3v) is 2.65. The quantitative estimate of drug-likeness (QED) is 0.796. The Kier molecular flexibility index (Phi) is 3.19. The normalized spacial score (nSPS) is 14.3. The van der Waals surface area contributed by atoms with Gasteiger partial charge < -0.3 is 0 Å². The highest BCUT2D eigenvalue weighted by Gasteiger charge is 2.29. The van der Waals surface area contributed by atoms with Gasteiger partial charge in [-0.2, -0.15) is 0 Å². The second kappa shape index (κ2) is 4.61. The number of carbonyl (C=O) groups is 2. The summed E-state index contributed by atoms with van der Waals surface area (Å²) >= 11 is 3.21. The highest BCUT2D eigenvalue weighted by molar-refractivity contribution is 9.10. The van der Waals surface area contributed by atoms with E-state index >= 15 is 0 Å². The smallest absolute Gasteiger partial charge is 0.271 e. The van der Waals surface area contributed by atoms with Gasteiger partial charge in [-0.25, -0.2) is 0 Å². The highest BCUT2D eigenvalue weighted by Crippen LogP contribution is 2.28. The fourth-order valence-corrected chi connectivity index (χ4v) is 1.54. The Morgan fingerprint density at radius 2 is 2.06 bits per heavy atom. The molecule has 0 spiro atoms. The van der Waals surface area contributed by atoms with Gasteiger partial charge in [-0.05, 0) is 34.8 Å². The lowest BCUT2D eigenvalue weighted by atomic mass is 10.3. The predicted molar refractivity (Wildman–Crippen MR) is 60.3 cm³/mol. The van der Waals surface area contributed by atoms with Crippen molar-refractivity contribution in [3.63, 3.8) is 0 Å². The molecule has 1 aliphatic rings. The maximum Gasteiger partial charge on any atom is 0.271 e. The fraction of sp³-hybridized carbons (Fsp3) is 0.300. The Bertz CT molecular complexity index is 432. The van der Waals surface area contributed by atoms with Crippen LogP contribution in [0.4, 0.5) is 0 Å². The number of rotatable bonds is 2. The van der Waals surface area contributed by atoms with Crippen LogP contribution in [0, 0.1) is 5.92 Å². The summed E-state index contributed by atoms with van der Waals surface area (Å²) in [6.07, 6.45) is 4.82. The minimum absolute atomic E-state index is 0.0703. The van der Waals surface area contributed by atoms with Crippen LogP contribution in [-0.2, 0) is 4.79 Å². The molecule has 0 saturated heterocycles. The average Bonchev–Trinajstić information content (AvgIpc) is 3.09. The molecule has 6 heteroatoms. The number of hydrogen-bond acceptors (Lipinski definition) is 3. The molecule has 5 nitrogen and oxygen atoms in total. The molecule has 1 aliphatic carbocycles. The molecule has 1 aromatic heterocycles. The number of hydrogen-bond donors (Lipinski definition) is 2. The van der Waals surface area contributed by atoms with Crippen molar-refractivity contribution in [3.05, 3.63) is 28.5 Å². The van der Waals surface area contributed by atoms with E-state index in [9.17, 15) is 9.59 Å². The summed E-state index contributed by atoms with van der Waals surface area (Å²) in [5.74, 6) is -0.431. The van der Waals surface area contributed by atoms with Crippen molar-refractivity contribution >= 4 is 27.7 Å². The minimum atomic E-state index is -0.372. The molecule has 16 heavy (non-hydrogen) atoms. The molecule has 1 aromatic rings. The molecule has 0 atom stereocenters. The maximum atomic E-state index is 11.6. The lowest BCUT2D eigenvalue weighted by Gasteiger charge is -2.06. The number of aromatic nitrogens is 1. The van der Waals surface area contributed by atoms with Crippen LogP contribution in [0.15, 0.2) is 22.9 Å². The molecule has 2 rings (SSSR count). The van der Waals surface area contributed by atoms with E-state index in [0.717, 1.165) is 12.8 Å². The lowest BCUT2D eigenvalue weighted by molar-refractivity contribution is -0.123. The van der Waals surface area contributed by atoms with E-state index in [2.05, 4.69) is 31.8 Å². The molecular weight excluding hydrogens is 274 g/mol. The molecule has 0 unspecified atom stereocenters. The first-order valence-corrected chi connectivity index (χ1v) is 5.67. The summed E-state index contributed by atoms with van der Waals surface area (Å²) in [5.41, 5.74) is 5.12. The zero-order valence-corrected chi connectivity index (χ0v) is 9.95. The van der Waals surface area contributed by atoms with Crippen LogP contribution >= 0.6 is 15.9 Å². The van der Waals surface area contributed by atoms with E-state index in [4.69, 9.17) is 0 Å². The average molecular weight is 284 g/mol. The molecule has 0 aromatic carbocycles. The van der Waals surface area contributed by atoms with Gasteiger partial charge in [-0.3, -0.25) is 25.4 Å². The van der Waals surface area contributed by atoms with Gasteiger partial charge in [0.05, 0.1) is 5.56 Å². The zero-order chi connectivity index (χ0) is 11.5. The van der Waals surface area contributed by atoms with Crippen LogP contribution in [0.3, 0.4) is 0 Å². The Morgan fingerprint density at radius 3 is 2.69 bits per heavy atom. The van der Waals surface area contributed by atoms with Crippen LogP contribution in [0.5, 0.6) is 0 Å². The number of amides is 2. The molecule has 2 amide bonds. The molecule has 0 aliphatic heterocycles. The minimum Gasteiger partial charge on any atom is -0.273 e. The van der Waals surface area contributed by atoms with Crippen molar-refractivity contribution in [1.82, 2.24) is 15.8 Å². The summed E-state index contributed by atoms with van der Waals surface area (Å²) in [5, 5.41) is 0. The summed E-state index contributed by atoms with van der Waals surface area (Å²) in [6, 6.07) is 1.63. The van der Waals surface area contributed by atoms with Gasteiger partial charge in [0, 0.05) is 22.8 Å². The molecule has 2 N–H and O–H groups in total. The Morgan fingerprint density at radius 1 is 1.31 bits per heavy atom. The van der Waals surface area contributed by atoms with Crippen LogP contribution in [0.25, 0.3) is 0 Å². The summed E-state index contributed by atoms with van der Waals surface area (Å²) in [4.78, 5) is 26.7. The number of pyridine rings is 1. The van der Waals surface area contributed by atoms with E-state index in [1.165, 1.54) is 6.20 Å². The van der Waals surface area contributed by atoms with Gasteiger partial charge >= 0.3 is 0 Å². The fourth-order valence-electron chi connectivity index (χ4n) is 1.17. The number of halogens is 1. The maximum absolute atomic E-state index is 11.6. The molecule has 1 heterocycles. The number of nitrogens with one attached hydrogen (secondary N) is 2. The zero-order valence-electron chi connectivity index (χ0n) is 8.37. The van der Waals surface area contributed by atoms with Crippen molar-refractivity contribution in [2.75, 3.05) is 0 Å². The highest BCUT2D eigenvalue weighted by atomic mass is 79.9. The van der Waals surface area contributed by atoms with E-state index in [1.807, 2.05) is 0 Å². The summed E-state index contributed by atoms with van der Waals surface area (Å²) in [7, 11) is 0. The van der Waals surface area contributed by atoms with Crippen molar-refractivity contribution in [1.29, 1.82) is 0 Å². The van der Waals surface area contributed by atoms with Gasteiger partial charge in [0.15, 0.2) is 0 Å². The van der Waals surface area contributed by atoms with Crippen molar-refractivity contribution in [2.24, 2.45) is 5.92 Å². The van der Waals surface area contributed by atoms with Gasteiger partial charge in [-0.1, -0.05) is 0 Å². The van der Waals surface area contributed by atoms with Crippen molar-refractivity contribution in [2.45, 2.75) is 12.8 Å². The van der Waals surface area contributed by atoms with Gasteiger partial charge in [0.2, 0.25) is 5.91 Å². The van der Waals surface area contributed by atoms with Gasteiger partial charge in [0.25, 0.3) is 5.91 Å². The van der Waals surface area contributed by atoms with Gasteiger partial charge in [-0.15, -0.1) is 0 Å². The number of hydrazine groups is 1. The standard InChI is InChI=1S/C10H10BrN3O2/c11-8-3-7(4-12-5-8)10(16)14-13-9(15)6-1-2-6/h3-6H,1-2H2,(H,13,15)(H,14,16). The van der Waals surface area contributed by atoms with E-state index in [1.54, 1.807) is 12.3 Å². The third-order valence-electron chi connectivity index (χ3n) is 2.21. The van der Waals surface area contributed by atoms with E-state index < -0.39 is 0 Å². The third kappa shape index (κ3) is 2.79. The van der Waals surface area contributed by atoms with E-state index in [0.29, 0.717) is 10.0 Å². The molecule has 1 fully saturated rings. The van der Waals surface area contributed by atoms with Crippen LogP contribution in [-0.4, -0.2) is 16.8 Å². The Labute approximate surface area is 101 Å². The van der Waals surface area contributed by atoms with Crippen LogP contribution in [0.1, 0.15) is 23.2 Å². The van der Waals surface area contributed by atoms with Crippen molar-refractivity contribution in [3.8, 4) is 0 Å². The number of nitrogens with zero attached hydrogens (tertiary/aromatic N) is 1. The first-order valence-electron chi connectivity index (χ1n) is 4.87. The molecule has 0 radical (unpaired) electrons. The second-order valence-corrected chi connectivity index (χ2v) is 4.53. The molecule has 1 saturated carbocycles. The van der Waals surface area contributed by atoms with Crippen molar-refractivity contribution < 1.29 is 9.59 Å². The SMILES string of the molecule is O=C(NNC(=O)C1CC1)c1cncc(Br)c1. The first kappa shape index (κ1) is 11.1. The van der Waals surface area contributed by atoms with E-state index in [-0.39, 0.29) is 17.7 Å². The number of carbonyl (C=O) groups excluding carboxylic acids is 2. The molecular formula is C10H10BrN3O2. The molecule has 0 bridgehead atoms. The summed E-state index contributed by atoms with van der Waals surface area (Å²) in [6.45, 7) is 0. The topological polar surface area (TPSA) is 71.1 Å². The van der Waals surface area contributed by atoms with Gasteiger partial charge in [0.1, 0.15) is 0 Å². The first-order chi connectivity index (χ1) is 7.66. The second-order valence-electron chi connectivity index (χ2n) is 3.61. The predicted octanol–water partition coefficient (Wildman–Crippen LogP) is 1.02. The Balaban J connectivity index is 1.89. The molecule has 84 valence electrons. The largest absolute Gasteiger partial charge is 0.273 e. The van der Waals surface area contributed by atoms with Crippen LogP contribution in [0.2, 0.25) is 0 Å².